The Balaban J connectivity index is 2.90. The van der Waals surface area contributed by atoms with Crippen molar-refractivity contribution in [2.45, 2.75) is 117 Å². The summed E-state index contributed by atoms with van der Waals surface area (Å²) in [7, 11) is 0. The van der Waals surface area contributed by atoms with Gasteiger partial charge in [-0.15, -0.1) is 0 Å². The monoisotopic (exact) mass is 298 g/mol. The minimum Gasteiger partial charge on any atom is -0.381 e. The van der Waals surface area contributed by atoms with Crippen LogP contribution in [0.2, 0.25) is 0 Å². The molecule has 0 rings (SSSR count). The average molecular weight is 299 g/mol. The molecule has 21 heavy (non-hydrogen) atoms. The third-order valence-corrected chi connectivity index (χ3v) is 4.28. The molecule has 0 atom stereocenters. The molecule has 0 aromatic heterocycles. The van der Waals surface area contributed by atoms with Gasteiger partial charge in [-0.05, 0) is 12.8 Å². The van der Waals surface area contributed by atoms with Gasteiger partial charge in [-0.3, -0.25) is 0 Å². The summed E-state index contributed by atoms with van der Waals surface area (Å²) >= 11 is 0. The van der Waals surface area contributed by atoms with Gasteiger partial charge in [0.25, 0.3) is 0 Å². The van der Waals surface area contributed by atoms with E-state index in [1.807, 2.05) is 0 Å². The maximum atomic E-state index is 5.70. The van der Waals surface area contributed by atoms with E-state index in [1.54, 1.807) is 0 Å². The van der Waals surface area contributed by atoms with Crippen LogP contribution in [-0.2, 0) is 4.74 Å². The minimum absolute atomic E-state index is 0.988. The van der Waals surface area contributed by atoms with E-state index >= 15 is 0 Å². The Hall–Kier alpha value is -0.0400. The van der Waals surface area contributed by atoms with E-state index < -0.39 is 0 Å². The molecule has 0 saturated carbocycles. The molecule has 0 saturated heterocycles. The standard InChI is InChI=1S/C20H42O/c1-3-5-7-9-10-11-12-13-14-16-18-20-21-19-17-15-8-6-4-2/h3-20H2,1-2H3. The van der Waals surface area contributed by atoms with Crippen LogP contribution in [0.5, 0.6) is 0 Å². The van der Waals surface area contributed by atoms with Crippen molar-refractivity contribution < 1.29 is 4.74 Å². The highest BCUT2D eigenvalue weighted by Crippen LogP contribution is 2.11. The van der Waals surface area contributed by atoms with E-state index in [9.17, 15) is 0 Å². The van der Waals surface area contributed by atoms with Crippen LogP contribution in [0.4, 0.5) is 0 Å². The van der Waals surface area contributed by atoms with E-state index in [0.717, 1.165) is 13.2 Å². The van der Waals surface area contributed by atoms with Crippen LogP contribution in [0.1, 0.15) is 117 Å². The number of hydrogen-bond donors (Lipinski definition) is 0. The highest BCUT2D eigenvalue weighted by Gasteiger charge is 1.94. The molecule has 128 valence electrons. The summed E-state index contributed by atoms with van der Waals surface area (Å²) in [6.45, 7) is 6.53. The lowest BCUT2D eigenvalue weighted by Crippen LogP contribution is -1.97. The highest BCUT2D eigenvalue weighted by atomic mass is 16.5. The zero-order valence-corrected chi connectivity index (χ0v) is 15.1. The largest absolute Gasteiger partial charge is 0.381 e. The van der Waals surface area contributed by atoms with Gasteiger partial charge in [0, 0.05) is 13.2 Å². The molecule has 0 heterocycles. The maximum Gasteiger partial charge on any atom is 0.0466 e. The Labute approximate surface area is 135 Å². The highest BCUT2D eigenvalue weighted by molar-refractivity contribution is 4.48. The first-order chi connectivity index (χ1) is 10.4. The fourth-order valence-electron chi connectivity index (χ4n) is 2.78. The second kappa shape index (κ2) is 20.0. The summed E-state index contributed by atoms with van der Waals surface area (Å²) in [5.74, 6) is 0. The molecule has 0 bridgehead atoms. The van der Waals surface area contributed by atoms with E-state index in [4.69, 9.17) is 4.74 Å². The summed E-state index contributed by atoms with van der Waals surface area (Å²) in [6, 6.07) is 0. The Kier molecular flexibility index (Phi) is 19.9. The maximum absolute atomic E-state index is 5.70. The fraction of sp³-hybridized carbons (Fsp3) is 1.00. The average Bonchev–Trinajstić information content (AvgIpc) is 2.50. The molecule has 0 aliphatic carbocycles. The van der Waals surface area contributed by atoms with E-state index in [-0.39, 0.29) is 0 Å². The van der Waals surface area contributed by atoms with Gasteiger partial charge in [-0.1, -0.05) is 104 Å². The molecule has 0 aromatic rings. The predicted molar refractivity (Wildman–Crippen MR) is 96.0 cm³/mol. The summed E-state index contributed by atoms with van der Waals surface area (Å²) in [4.78, 5) is 0. The van der Waals surface area contributed by atoms with Gasteiger partial charge in [0.05, 0.1) is 0 Å². The van der Waals surface area contributed by atoms with Gasteiger partial charge in [0.1, 0.15) is 0 Å². The van der Waals surface area contributed by atoms with Gasteiger partial charge in [0.15, 0.2) is 0 Å². The van der Waals surface area contributed by atoms with Crippen LogP contribution in [0.25, 0.3) is 0 Å². The molecule has 0 aromatic carbocycles. The number of ether oxygens (including phenoxy) is 1. The first kappa shape index (κ1) is 21.0. The van der Waals surface area contributed by atoms with E-state index in [1.165, 1.54) is 103 Å². The van der Waals surface area contributed by atoms with Gasteiger partial charge in [0.2, 0.25) is 0 Å². The molecule has 1 nitrogen and oxygen atoms in total. The number of hydrogen-bond acceptors (Lipinski definition) is 1. The minimum atomic E-state index is 0.988. The molecule has 0 amide bonds. The molecular weight excluding hydrogens is 256 g/mol. The lowest BCUT2D eigenvalue weighted by molar-refractivity contribution is 0.125. The summed E-state index contributed by atoms with van der Waals surface area (Å²) in [5, 5.41) is 0. The zero-order valence-electron chi connectivity index (χ0n) is 15.1. The molecule has 0 N–H and O–H groups in total. The van der Waals surface area contributed by atoms with Crippen LogP contribution in [-0.4, -0.2) is 13.2 Å². The van der Waals surface area contributed by atoms with Crippen LogP contribution in [0.15, 0.2) is 0 Å². The smallest absolute Gasteiger partial charge is 0.0466 e. The van der Waals surface area contributed by atoms with E-state index in [0.29, 0.717) is 0 Å². The molecule has 0 aliphatic heterocycles. The Bertz CT molecular complexity index is 149. The Morgan fingerprint density at radius 3 is 1.00 bits per heavy atom. The van der Waals surface area contributed by atoms with Crippen LogP contribution in [0, 0.1) is 0 Å². The molecule has 0 aliphatic rings. The number of unbranched alkanes of at least 4 members (excludes halogenated alkanes) is 14. The van der Waals surface area contributed by atoms with Crippen molar-refractivity contribution in [3.63, 3.8) is 0 Å². The fourth-order valence-corrected chi connectivity index (χ4v) is 2.78. The second-order valence-corrected chi connectivity index (χ2v) is 6.56. The van der Waals surface area contributed by atoms with Crippen LogP contribution in [0.3, 0.4) is 0 Å². The summed E-state index contributed by atoms with van der Waals surface area (Å²) < 4.78 is 5.70. The topological polar surface area (TPSA) is 9.23 Å². The lowest BCUT2D eigenvalue weighted by atomic mass is 10.1. The normalized spacial score (nSPS) is 11.1. The Morgan fingerprint density at radius 2 is 0.667 bits per heavy atom. The van der Waals surface area contributed by atoms with Crippen molar-refractivity contribution in [2.75, 3.05) is 13.2 Å². The number of rotatable bonds is 18. The quantitative estimate of drug-likeness (QED) is 0.241. The van der Waals surface area contributed by atoms with Crippen molar-refractivity contribution in [3.8, 4) is 0 Å². The molecule has 0 spiro atoms. The second-order valence-electron chi connectivity index (χ2n) is 6.56. The molecule has 1 heteroatoms. The van der Waals surface area contributed by atoms with Gasteiger partial charge >= 0.3 is 0 Å². The molecule has 0 radical (unpaired) electrons. The first-order valence-corrected chi connectivity index (χ1v) is 9.99. The van der Waals surface area contributed by atoms with Gasteiger partial charge in [-0.25, -0.2) is 0 Å². The molecular formula is C20H42O. The summed E-state index contributed by atoms with van der Waals surface area (Å²) in [5.41, 5.74) is 0. The van der Waals surface area contributed by atoms with Crippen molar-refractivity contribution in [2.24, 2.45) is 0 Å². The Morgan fingerprint density at radius 1 is 0.381 bits per heavy atom. The van der Waals surface area contributed by atoms with E-state index in [2.05, 4.69) is 13.8 Å². The SMILES string of the molecule is CCCCCCCCCCCCCOCCCCCCC. The van der Waals surface area contributed by atoms with Gasteiger partial charge < -0.3 is 4.74 Å². The first-order valence-electron chi connectivity index (χ1n) is 9.99. The van der Waals surface area contributed by atoms with Crippen molar-refractivity contribution in [3.05, 3.63) is 0 Å². The van der Waals surface area contributed by atoms with Crippen LogP contribution >= 0.6 is 0 Å². The summed E-state index contributed by atoms with van der Waals surface area (Å²) in [6.07, 6.45) is 22.3. The van der Waals surface area contributed by atoms with Crippen molar-refractivity contribution >= 4 is 0 Å². The van der Waals surface area contributed by atoms with Crippen LogP contribution < -0.4 is 0 Å². The molecule has 0 unspecified atom stereocenters. The van der Waals surface area contributed by atoms with Crippen molar-refractivity contribution in [1.29, 1.82) is 0 Å². The lowest BCUT2D eigenvalue weighted by Gasteiger charge is -2.05. The van der Waals surface area contributed by atoms with Gasteiger partial charge in [-0.2, -0.15) is 0 Å². The zero-order chi connectivity index (χ0) is 15.4. The third kappa shape index (κ3) is 20.0. The molecule has 0 fully saturated rings. The predicted octanol–water partition coefficient (Wildman–Crippen LogP) is 7.28. The van der Waals surface area contributed by atoms with Crippen molar-refractivity contribution in [1.82, 2.24) is 0 Å². The third-order valence-electron chi connectivity index (χ3n) is 4.28.